The summed E-state index contributed by atoms with van der Waals surface area (Å²) < 4.78 is 12.1. The second kappa shape index (κ2) is 6.91. The second-order valence-electron chi connectivity index (χ2n) is 7.46. The van der Waals surface area contributed by atoms with Crippen molar-refractivity contribution in [1.82, 2.24) is 5.32 Å². The summed E-state index contributed by atoms with van der Waals surface area (Å²) in [4.78, 5) is 0. The molecule has 1 aromatic carbocycles. The van der Waals surface area contributed by atoms with Crippen LogP contribution in [0, 0.1) is 5.92 Å². The van der Waals surface area contributed by atoms with Crippen LogP contribution in [-0.4, -0.2) is 18.2 Å². The Kier molecular flexibility index (Phi) is 5.38. The van der Waals surface area contributed by atoms with Gasteiger partial charge in [-0.25, -0.2) is 0 Å². The molecule has 0 bridgehead atoms. The second-order valence-corrected chi connectivity index (χ2v) is 7.46. The van der Waals surface area contributed by atoms with Crippen LogP contribution in [-0.2, 0) is 0 Å². The average molecular weight is 305 g/mol. The zero-order chi connectivity index (χ0) is 16.3. The molecule has 124 valence electrons. The minimum atomic E-state index is -0.156. The molecule has 2 rings (SSSR count). The van der Waals surface area contributed by atoms with E-state index in [2.05, 4.69) is 59.0 Å². The van der Waals surface area contributed by atoms with Gasteiger partial charge in [0.1, 0.15) is 17.1 Å². The van der Waals surface area contributed by atoms with Crippen molar-refractivity contribution in [1.29, 1.82) is 0 Å². The van der Waals surface area contributed by atoms with Gasteiger partial charge in [-0.1, -0.05) is 26.8 Å². The molecule has 2 unspecified atom stereocenters. The van der Waals surface area contributed by atoms with Crippen molar-refractivity contribution in [3.63, 3.8) is 0 Å². The lowest BCUT2D eigenvalue weighted by Crippen LogP contribution is -2.40. The smallest absolute Gasteiger partial charge is 0.128 e. The first kappa shape index (κ1) is 17.1. The minimum Gasteiger partial charge on any atom is -0.491 e. The lowest BCUT2D eigenvalue weighted by atomic mass is 9.89. The molecular weight excluding hydrogens is 274 g/mol. The van der Waals surface area contributed by atoms with Gasteiger partial charge < -0.3 is 14.8 Å². The van der Waals surface area contributed by atoms with E-state index in [1.165, 1.54) is 5.56 Å². The standard InChI is InChI=1S/C19H31NO2/c1-7-14(4)21-15-8-9-16-17(20-12-13(2)3)11-19(5,6)22-18(16)10-15/h8-10,13-14,17,20H,7,11-12H2,1-6H3. The van der Waals surface area contributed by atoms with Gasteiger partial charge in [0.25, 0.3) is 0 Å². The molecular formula is C19H31NO2. The topological polar surface area (TPSA) is 30.5 Å². The van der Waals surface area contributed by atoms with Crippen LogP contribution in [0.25, 0.3) is 0 Å². The van der Waals surface area contributed by atoms with E-state index in [4.69, 9.17) is 9.47 Å². The molecule has 22 heavy (non-hydrogen) atoms. The van der Waals surface area contributed by atoms with Crippen molar-refractivity contribution in [2.24, 2.45) is 5.92 Å². The third kappa shape index (κ3) is 4.39. The Bertz CT molecular complexity index is 496. The molecule has 1 aromatic rings. The maximum absolute atomic E-state index is 6.19. The normalized spacial score (nSPS) is 21.1. The number of hydrogen-bond acceptors (Lipinski definition) is 3. The molecule has 0 aliphatic carbocycles. The molecule has 0 fully saturated rings. The van der Waals surface area contributed by atoms with Gasteiger partial charge in [0.15, 0.2) is 0 Å². The van der Waals surface area contributed by atoms with Gasteiger partial charge in [-0.05, 0) is 45.7 Å². The predicted molar refractivity (Wildman–Crippen MR) is 91.7 cm³/mol. The zero-order valence-electron chi connectivity index (χ0n) is 14.9. The maximum atomic E-state index is 6.19. The van der Waals surface area contributed by atoms with E-state index in [1.54, 1.807) is 0 Å². The van der Waals surface area contributed by atoms with E-state index >= 15 is 0 Å². The van der Waals surface area contributed by atoms with Gasteiger partial charge in [-0.2, -0.15) is 0 Å². The van der Waals surface area contributed by atoms with Crippen molar-refractivity contribution in [3.05, 3.63) is 23.8 Å². The van der Waals surface area contributed by atoms with Crippen molar-refractivity contribution >= 4 is 0 Å². The molecule has 1 aliphatic rings. The summed E-state index contributed by atoms with van der Waals surface area (Å²) in [7, 11) is 0. The number of nitrogens with one attached hydrogen (secondary N) is 1. The first-order valence-corrected chi connectivity index (χ1v) is 8.53. The van der Waals surface area contributed by atoms with Crippen LogP contribution in [0.5, 0.6) is 11.5 Å². The molecule has 1 aliphatic heterocycles. The quantitative estimate of drug-likeness (QED) is 0.825. The predicted octanol–water partition coefficient (Wildman–Crippen LogP) is 4.71. The Labute approximate surface area is 135 Å². The summed E-state index contributed by atoms with van der Waals surface area (Å²) >= 11 is 0. The first-order valence-electron chi connectivity index (χ1n) is 8.53. The highest BCUT2D eigenvalue weighted by molar-refractivity contribution is 5.44. The fraction of sp³-hybridized carbons (Fsp3) is 0.684. The third-order valence-electron chi connectivity index (χ3n) is 4.13. The summed E-state index contributed by atoms with van der Waals surface area (Å²) in [5.41, 5.74) is 1.09. The van der Waals surface area contributed by atoms with Crippen molar-refractivity contribution in [3.8, 4) is 11.5 Å². The fourth-order valence-electron chi connectivity index (χ4n) is 2.78. The van der Waals surface area contributed by atoms with E-state index in [0.29, 0.717) is 12.0 Å². The molecule has 0 saturated heterocycles. The van der Waals surface area contributed by atoms with E-state index in [9.17, 15) is 0 Å². The van der Waals surface area contributed by atoms with Crippen LogP contribution in [0.4, 0.5) is 0 Å². The third-order valence-corrected chi connectivity index (χ3v) is 4.13. The molecule has 3 nitrogen and oxygen atoms in total. The van der Waals surface area contributed by atoms with E-state index in [0.717, 1.165) is 30.9 Å². The van der Waals surface area contributed by atoms with Gasteiger partial charge in [0.05, 0.1) is 6.10 Å². The molecule has 0 aromatic heterocycles. The summed E-state index contributed by atoms with van der Waals surface area (Å²) in [6, 6.07) is 6.61. The molecule has 0 amide bonds. The number of ether oxygens (including phenoxy) is 2. The Hall–Kier alpha value is -1.22. The summed E-state index contributed by atoms with van der Waals surface area (Å²) in [5.74, 6) is 2.49. The Morgan fingerprint density at radius 1 is 1.32 bits per heavy atom. The largest absolute Gasteiger partial charge is 0.491 e. The number of benzene rings is 1. The van der Waals surface area contributed by atoms with E-state index < -0.39 is 0 Å². The minimum absolute atomic E-state index is 0.156. The summed E-state index contributed by atoms with van der Waals surface area (Å²) in [6.45, 7) is 14.0. The van der Waals surface area contributed by atoms with E-state index in [-0.39, 0.29) is 11.7 Å². The van der Waals surface area contributed by atoms with Gasteiger partial charge >= 0.3 is 0 Å². The fourth-order valence-corrected chi connectivity index (χ4v) is 2.78. The summed E-state index contributed by atoms with van der Waals surface area (Å²) in [6.07, 6.45) is 2.21. The van der Waals surface area contributed by atoms with Gasteiger partial charge in [0, 0.05) is 24.1 Å². The molecule has 3 heteroatoms. The number of rotatable bonds is 6. The average Bonchev–Trinajstić information content (AvgIpc) is 2.43. The Morgan fingerprint density at radius 2 is 2.05 bits per heavy atom. The SMILES string of the molecule is CCC(C)Oc1ccc2c(c1)OC(C)(C)CC2NCC(C)C. The van der Waals surface area contributed by atoms with Crippen LogP contribution in [0.3, 0.4) is 0 Å². The first-order chi connectivity index (χ1) is 10.3. The molecule has 2 atom stereocenters. The monoisotopic (exact) mass is 305 g/mol. The van der Waals surface area contributed by atoms with Gasteiger partial charge in [-0.3, -0.25) is 0 Å². The van der Waals surface area contributed by atoms with Crippen LogP contribution in [0.2, 0.25) is 0 Å². The highest BCUT2D eigenvalue weighted by Crippen LogP contribution is 2.41. The molecule has 1 heterocycles. The number of fused-ring (bicyclic) bond motifs is 1. The Balaban J connectivity index is 2.22. The van der Waals surface area contributed by atoms with Crippen LogP contribution in [0.15, 0.2) is 18.2 Å². The van der Waals surface area contributed by atoms with Crippen molar-refractivity contribution < 1.29 is 9.47 Å². The van der Waals surface area contributed by atoms with Crippen LogP contribution >= 0.6 is 0 Å². The highest BCUT2D eigenvalue weighted by Gasteiger charge is 2.33. The Morgan fingerprint density at radius 3 is 2.68 bits per heavy atom. The van der Waals surface area contributed by atoms with Crippen LogP contribution < -0.4 is 14.8 Å². The zero-order valence-corrected chi connectivity index (χ0v) is 14.9. The van der Waals surface area contributed by atoms with Crippen LogP contribution in [0.1, 0.15) is 66.0 Å². The molecule has 0 saturated carbocycles. The maximum Gasteiger partial charge on any atom is 0.128 e. The molecule has 0 spiro atoms. The number of hydrogen-bond donors (Lipinski definition) is 1. The molecule has 1 N–H and O–H groups in total. The van der Waals surface area contributed by atoms with Gasteiger partial charge in [0.2, 0.25) is 0 Å². The van der Waals surface area contributed by atoms with Gasteiger partial charge in [-0.15, -0.1) is 0 Å². The summed E-state index contributed by atoms with van der Waals surface area (Å²) in [5, 5.41) is 3.68. The highest BCUT2D eigenvalue weighted by atomic mass is 16.5. The lowest BCUT2D eigenvalue weighted by molar-refractivity contribution is 0.0648. The molecule has 0 radical (unpaired) electrons. The lowest BCUT2D eigenvalue weighted by Gasteiger charge is -2.38. The van der Waals surface area contributed by atoms with E-state index in [1.807, 2.05) is 6.07 Å². The van der Waals surface area contributed by atoms with Crippen molar-refractivity contribution in [2.45, 2.75) is 72.1 Å². The van der Waals surface area contributed by atoms with Crippen molar-refractivity contribution in [2.75, 3.05) is 6.54 Å².